The first-order chi connectivity index (χ1) is 19.1. The number of pyridine rings is 1. The highest BCUT2D eigenvalue weighted by molar-refractivity contribution is 6.09. The molecule has 14 nitrogen and oxygen atoms in total. The van der Waals surface area contributed by atoms with Crippen LogP contribution in [-0.2, 0) is 0 Å². The second-order valence-electron chi connectivity index (χ2n) is 10.0. The summed E-state index contributed by atoms with van der Waals surface area (Å²) < 4.78 is 0. The average Bonchev–Trinajstić information content (AvgIpc) is 2.99. The number of piperidine rings is 2. The molecule has 15 N–H and O–H groups in total. The van der Waals surface area contributed by atoms with Crippen molar-refractivity contribution in [3.05, 3.63) is 60.3 Å². The Bertz CT molecular complexity index is 1460. The van der Waals surface area contributed by atoms with Crippen LogP contribution in [0.5, 0.6) is 5.75 Å². The number of phenols is 1. The van der Waals surface area contributed by atoms with E-state index < -0.39 is 5.91 Å². The second-order valence-corrected chi connectivity index (χ2v) is 10.0. The van der Waals surface area contributed by atoms with Gasteiger partial charge in [-0.05, 0) is 74.9 Å². The Morgan fingerprint density at radius 3 is 1.84 bits per heavy atom. The summed E-state index contributed by atoms with van der Waals surface area (Å²) in [6.07, 6.45) is 8.66. The maximum Gasteiger partial charge on any atom is 0.259 e. The minimum atomic E-state index is -0.407. The fraction of sp³-hybridized carbons (Fsp3) is 0.345. The van der Waals surface area contributed by atoms with Crippen LogP contribution in [0.3, 0.4) is 0 Å². The number of fused-ring (bicyclic) bond motifs is 1. The van der Waals surface area contributed by atoms with Crippen molar-refractivity contribution in [2.45, 2.75) is 38.5 Å². The topological polar surface area (TPSA) is 259 Å². The van der Waals surface area contributed by atoms with E-state index in [0.717, 1.165) is 74.8 Å². The lowest BCUT2D eigenvalue weighted by Crippen LogP contribution is -2.34. The molecule has 0 bridgehead atoms. The zero-order chi connectivity index (χ0) is 26.6. The molecule has 0 radical (unpaired) electrons. The molecule has 1 amide bonds. The zero-order valence-corrected chi connectivity index (χ0v) is 25.9. The van der Waals surface area contributed by atoms with Crippen LogP contribution < -0.4 is 45.0 Å². The lowest BCUT2D eigenvalue weighted by molar-refractivity contribution is 0.102. The van der Waals surface area contributed by atoms with E-state index in [9.17, 15) is 9.90 Å². The van der Waals surface area contributed by atoms with Crippen LogP contribution in [0.2, 0.25) is 0 Å². The van der Waals surface area contributed by atoms with E-state index in [2.05, 4.69) is 25.4 Å². The molecule has 44 heavy (non-hydrogen) atoms. The minimum Gasteiger partial charge on any atom is -0.505 e. The Kier molecular flexibility index (Phi) is 14.6. The van der Waals surface area contributed by atoms with Gasteiger partial charge < -0.3 is 50.1 Å². The number of nitrogens with zero attached hydrogens (tertiary/aromatic N) is 6. The van der Waals surface area contributed by atoms with Crippen molar-refractivity contribution in [2.75, 3.05) is 46.6 Å². The first-order valence-electron chi connectivity index (χ1n) is 13.7. The molecule has 0 atom stereocenters. The molecule has 0 aliphatic carbocycles. The number of carbonyl (C=O) groups excluding carboxylic acids is 1. The number of anilines is 5. The zero-order valence-electron chi connectivity index (χ0n) is 25.0. The van der Waals surface area contributed by atoms with Gasteiger partial charge in [-0.15, -0.1) is 12.4 Å². The van der Waals surface area contributed by atoms with Gasteiger partial charge in [-0.25, -0.2) is 0 Å². The second kappa shape index (κ2) is 17.1. The van der Waals surface area contributed by atoms with Crippen LogP contribution >= 0.6 is 12.4 Å². The number of nitrogens with one attached hydrogen (secondary N) is 2. The molecule has 4 heterocycles. The van der Waals surface area contributed by atoms with Gasteiger partial charge in [-0.1, -0.05) is 12.1 Å². The SMILES string of the molecule is Cl.N.N.N.N.O=C(Nc1ccc(Nc2nc(N3CCCCC3)nc(N3CCCCC3)n2)cc1)c1ccc2cccnc2c1O.[HH].[HH].[HH].[HH]. The lowest BCUT2D eigenvalue weighted by Gasteiger charge is -2.30. The van der Waals surface area contributed by atoms with Crippen LogP contribution in [0.15, 0.2) is 54.7 Å². The minimum absolute atomic E-state index is 0. The van der Waals surface area contributed by atoms with E-state index in [1.165, 1.54) is 12.8 Å². The number of benzene rings is 2. The Balaban J connectivity index is -0.00000108. The highest BCUT2D eigenvalue weighted by atomic mass is 35.5. The van der Waals surface area contributed by atoms with E-state index >= 15 is 0 Å². The fourth-order valence-corrected chi connectivity index (χ4v) is 5.16. The molecule has 2 aliphatic heterocycles. The van der Waals surface area contributed by atoms with Gasteiger partial charge in [-0.2, -0.15) is 15.0 Å². The summed E-state index contributed by atoms with van der Waals surface area (Å²) in [5, 5.41) is 17.5. The van der Waals surface area contributed by atoms with Gasteiger partial charge in [0.1, 0.15) is 5.52 Å². The quantitative estimate of drug-likeness (QED) is 0.111. The van der Waals surface area contributed by atoms with Crippen LogP contribution in [0.4, 0.5) is 29.2 Å². The molecule has 2 aromatic carbocycles. The Hall–Kier alpha value is -4.34. The number of hydrogen-bond donors (Lipinski definition) is 7. The van der Waals surface area contributed by atoms with Gasteiger partial charge in [0, 0.05) is 54.8 Å². The third-order valence-electron chi connectivity index (χ3n) is 7.28. The molecule has 6 rings (SSSR count). The van der Waals surface area contributed by atoms with E-state index in [1.807, 2.05) is 18.2 Å². The number of phenolic OH excluding ortho intramolecular Hbond substituents is 1. The maximum absolute atomic E-state index is 12.9. The van der Waals surface area contributed by atoms with Crippen molar-refractivity contribution in [2.24, 2.45) is 0 Å². The van der Waals surface area contributed by atoms with Crippen molar-refractivity contribution in [1.82, 2.24) is 44.5 Å². The van der Waals surface area contributed by atoms with Crippen LogP contribution in [0.1, 0.15) is 54.6 Å². The van der Waals surface area contributed by atoms with E-state index in [4.69, 9.17) is 15.0 Å². The van der Waals surface area contributed by atoms with Gasteiger partial charge in [0.25, 0.3) is 5.91 Å². The summed E-state index contributed by atoms with van der Waals surface area (Å²) in [5.41, 5.74) is 1.97. The molecule has 0 unspecified atom stereocenters. The van der Waals surface area contributed by atoms with Gasteiger partial charge >= 0.3 is 0 Å². The molecule has 2 aliphatic rings. The standard InChI is InChI=1S/C29H32N8O2.ClH.4H3N.4H2/c38-25-23(14-9-20-8-7-15-30-24(20)25)26(39)31-21-10-12-22(13-11-21)32-27-33-28(36-16-3-1-4-17-36)35-29(34-27)37-18-5-2-6-19-37;;;;;;;;;/h7-15,38H,1-6,16-19H2,(H,31,39)(H,32,33,34,35);1H;4*1H3;4*1H. The third kappa shape index (κ3) is 8.39. The largest absolute Gasteiger partial charge is 0.505 e. The Morgan fingerprint density at radius 2 is 1.27 bits per heavy atom. The number of aromatic hydroxyl groups is 1. The monoisotopic (exact) mass is 636 g/mol. The summed E-state index contributed by atoms with van der Waals surface area (Å²) in [5.74, 6) is 1.42. The molecular weight excluding hydrogens is 584 g/mol. The Labute approximate surface area is 269 Å². The smallest absolute Gasteiger partial charge is 0.259 e. The number of aromatic nitrogens is 4. The van der Waals surface area contributed by atoms with Crippen molar-refractivity contribution in [3.63, 3.8) is 0 Å². The molecule has 2 fully saturated rings. The third-order valence-corrected chi connectivity index (χ3v) is 7.28. The molecule has 0 spiro atoms. The summed E-state index contributed by atoms with van der Waals surface area (Å²) in [6.45, 7) is 3.83. The molecule has 2 aromatic heterocycles. The van der Waals surface area contributed by atoms with Crippen molar-refractivity contribution in [1.29, 1.82) is 0 Å². The first kappa shape index (κ1) is 37.7. The van der Waals surface area contributed by atoms with Crippen molar-refractivity contribution >= 4 is 58.4 Å². The normalized spacial score (nSPS) is 14.0. The molecule has 15 heteroatoms. The summed E-state index contributed by atoms with van der Waals surface area (Å²) >= 11 is 0. The molecule has 2 saturated heterocycles. The van der Waals surface area contributed by atoms with E-state index in [0.29, 0.717) is 17.2 Å². The van der Waals surface area contributed by atoms with Crippen LogP contribution in [-0.4, -0.2) is 57.1 Å². The van der Waals surface area contributed by atoms with Crippen molar-refractivity contribution in [3.8, 4) is 5.75 Å². The Morgan fingerprint density at radius 1 is 0.727 bits per heavy atom. The summed E-state index contributed by atoms with van der Waals surface area (Å²) in [6, 6.07) is 14.3. The first-order valence-corrected chi connectivity index (χ1v) is 13.7. The number of rotatable bonds is 6. The maximum atomic E-state index is 12.9. The number of hydrogen-bond acceptors (Lipinski definition) is 13. The predicted molar refractivity (Wildman–Crippen MR) is 189 cm³/mol. The van der Waals surface area contributed by atoms with E-state index in [1.54, 1.807) is 36.5 Å². The number of halogens is 1. The van der Waals surface area contributed by atoms with Gasteiger partial charge in [0.15, 0.2) is 5.75 Å². The highest BCUT2D eigenvalue weighted by Gasteiger charge is 2.21. The highest BCUT2D eigenvalue weighted by Crippen LogP contribution is 2.28. The molecule has 4 aromatic rings. The fourth-order valence-electron chi connectivity index (χ4n) is 5.16. The van der Waals surface area contributed by atoms with Gasteiger partial charge in [0.05, 0.1) is 5.56 Å². The van der Waals surface area contributed by atoms with Gasteiger partial charge in [-0.3, -0.25) is 9.78 Å². The summed E-state index contributed by atoms with van der Waals surface area (Å²) in [7, 11) is 0. The van der Waals surface area contributed by atoms with Crippen LogP contribution in [0, 0.1) is 0 Å². The van der Waals surface area contributed by atoms with Gasteiger partial charge in [0.2, 0.25) is 17.8 Å². The average molecular weight is 637 g/mol. The lowest BCUT2D eigenvalue weighted by atomic mass is 10.1. The summed E-state index contributed by atoms with van der Waals surface area (Å²) in [4.78, 5) is 35.9. The number of amides is 1. The van der Waals surface area contributed by atoms with E-state index in [-0.39, 0.29) is 54.0 Å². The molecular formula is C29H53ClN12O2. The van der Waals surface area contributed by atoms with Crippen LogP contribution in [0.25, 0.3) is 10.9 Å². The van der Waals surface area contributed by atoms with Crippen molar-refractivity contribution < 1.29 is 15.6 Å². The molecule has 0 saturated carbocycles. The molecule has 248 valence electrons. The predicted octanol–water partition coefficient (Wildman–Crippen LogP) is 7.16. The number of carbonyl (C=O) groups is 1.